The van der Waals surface area contributed by atoms with Crippen LogP contribution < -0.4 is 0 Å². The van der Waals surface area contributed by atoms with Crippen molar-refractivity contribution in [3.8, 4) is 0 Å². The second-order valence-corrected chi connectivity index (χ2v) is 7.11. The van der Waals surface area contributed by atoms with Gasteiger partial charge in [0, 0.05) is 50.4 Å². The number of benzene rings is 2. The summed E-state index contributed by atoms with van der Waals surface area (Å²) in [6.45, 7) is 3.49. The quantitative estimate of drug-likeness (QED) is 0.695. The SMILES string of the molecule is O=C(Cc1ccc(F)cc1F)N1CCN(Cc2cnc3ccccc3c2)CC1. The standard InChI is InChI=1S/C22H21F2N3O/c23-19-6-5-17(20(24)13-19)12-22(28)27-9-7-26(8-10-27)15-16-11-18-3-1-2-4-21(18)25-14-16/h1-6,11,13-14H,7-10,12,15H2. The summed E-state index contributed by atoms with van der Waals surface area (Å²) >= 11 is 0. The number of halogens is 2. The Hall–Kier alpha value is -2.86. The number of aromatic nitrogens is 1. The Kier molecular flexibility index (Phi) is 5.30. The summed E-state index contributed by atoms with van der Waals surface area (Å²) in [5.74, 6) is -1.43. The number of rotatable bonds is 4. The van der Waals surface area contributed by atoms with E-state index in [0.717, 1.165) is 42.2 Å². The molecule has 4 nitrogen and oxygen atoms in total. The van der Waals surface area contributed by atoms with Crippen molar-refractivity contribution < 1.29 is 13.6 Å². The van der Waals surface area contributed by atoms with E-state index in [1.807, 2.05) is 24.4 Å². The lowest BCUT2D eigenvalue weighted by Gasteiger charge is -2.34. The van der Waals surface area contributed by atoms with Crippen LogP contribution in [-0.4, -0.2) is 46.9 Å². The van der Waals surface area contributed by atoms with E-state index in [0.29, 0.717) is 13.1 Å². The third-order valence-corrected chi connectivity index (χ3v) is 5.14. The molecular weight excluding hydrogens is 360 g/mol. The maximum Gasteiger partial charge on any atom is 0.227 e. The van der Waals surface area contributed by atoms with Crippen LogP contribution >= 0.6 is 0 Å². The average molecular weight is 381 g/mol. The smallest absolute Gasteiger partial charge is 0.227 e. The predicted molar refractivity (Wildman–Crippen MR) is 104 cm³/mol. The van der Waals surface area contributed by atoms with Gasteiger partial charge in [-0.05, 0) is 29.3 Å². The minimum absolute atomic E-state index is 0.0410. The molecule has 0 saturated carbocycles. The number of piperazine rings is 1. The third-order valence-electron chi connectivity index (χ3n) is 5.14. The van der Waals surface area contributed by atoms with E-state index in [2.05, 4.69) is 22.0 Å². The minimum Gasteiger partial charge on any atom is -0.340 e. The number of fused-ring (bicyclic) bond motifs is 1. The molecule has 2 aromatic carbocycles. The van der Waals surface area contributed by atoms with Crippen molar-refractivity contribution in [2.24, 2.45) is 0 Å². The van der Waals surface area contributed by atoms with Gasteiger partial charge in [0.1, 0.15) is 11.6 Å². The monoisotopic (exact) mass is 381 g/mol. The summed E-state index contributed by atoms with van der Waals surface area (Å²) in [6, 6.07) is 13.5. The molecule has 0 aliphatic carbocycles. The van der Waals surface area contributed by atoms with Gasteiger partial charge in [-0.15, -0.1) is 0 Å². The highest BCUT2D eigenvalue weighted by atomic mass is 19.1. The predicted octanol–water partition coefficient (Wildman–Crippen LogP) is 3.40. The van der Waals surface area contributed by atoms with Crippen LogP contribution in [0.25, 0.3) is 10.9 Å². The number of hydrogen-bond acceptors (Lipinski definition) is 3. The molecule has 144 valence electrons. The molecule has 0 radical (unpaired) electrons. The highest BCUT2D eigenvalue weighted by Gasteiger charge is 2.22. The molecular formula is C22H21F2N3O. The molecule has 0 bridgehead atoms. The first-order valence-corrected chi connectivity index (χ1v) is 9.36. The average Bonchev–Trinajstić information content (AvgIpc) is 2.70. The van der Waals surface area contributed by atoms with Gasteiger partial charge in [-0.3, -0.25) is 14.7 Å². The van der Waals surface area contributed by atoms with Crippen molar-refractivity contribution in [1.82, 2.24) is 14.8 Å². The first-order chi connectivity index (χ1) is 13.6. The van der Waals surface area contributed by atoms with Crippen LogP contribution in [0.2, 0.25) is 0 Å². The normalized spacial score (nSPS) is 15.1. The van der Waals surface area contributed by atoms with Crippen molar-refractivity contribution in [2.75, 3.05) is 26.2 Å². The van der Waals surface area contributed by atoms with Gasteiger partial charge < -0.3 is 4.90 Å². The Labute approximate surface area is 162 Å². The van der Waals surface area contributed by atoms with E-state index in [1.54, 1.807) is 4.90 Å². The van der Waals surface area contributed by atoms with E-state index in [9.17, 15) is 13.6 Å². The fourth-order valence-corrected chi connectivity index (χ4v) is 3.56. The van der Waals surface area contributed by atoms with Gasteiger partial charge in [0.15, 0.2) is 0 Å². The molecule has 0 N–H and O–H groups in total. The summed E-state index contributed by atoms with van der Waals surface area (Å²) in [4.78, 5) is 21.0. The summed E-state index contributed by atoms with van der Waals surface area (Å²) in [5.41, 5.74) is 2.36. The van der Waals surface area contributed by atoms with E-state index in [4.69, 9.17) is 0 Å². The Morgan fingerprint density at radius 3 is 2.57 bits per heavy atom. The zero-order valence-electron chi connectivity index (χ0n) is 15.4. The Morgan fingerprint density at radius 2 is 1.79 bits per heavy atom. The molecule has 2 heterocycles. The molecule has 1 saturated heterocycles. The van der Waals surface area contributed by atoms with Crippen LogP contribution in [0.15, 0.2) is 54.7 Å². The van der Waals surface area contributed by atoms with E-state index < -0.39 is 11.6 Å². The van der Waals surface area contributed by atoms with Crippen LogP contribution in [0.5, 0.6) is 0 Å². The summed E-state index contributed by atoms with van der Waals surface area (Å²) in [6.07, 6.45) is 1.86. The van der Waals surface area contributed by atoms with Gasteiger partial charge in [0.25, 0.3) is 0 Å². The Balaban J connectivity index is 1.32. The van der Waals surface area contributed by atoms with Crippen molar-refractivity contribution in [3.05, 3.63) is 77.5 Å². The van der Waals surface area contributed by atoms with Crippen LogP contribution in [-0.2, 0) is 17.8 Å². The molecule has 1 amide bonds. The zero-order valence-corrected chi connectivity index (χ0v) is 15.4. The second kappa shape index (κ2) is 8.02. The van der Waals surface area contributed by atoms with E-state index >= 15 is 0 Å². The van der Waals surface area contributed by atoms with Crippen LogP contribution in [0.1, 0.15) is 11.1 Å². The van der Waals surface area contributed by atoms with Crippen LogP contribution in [0, 0.1) is 11.6 Å². The summed E-state index contributed by atoms with van der Waals surface area (Å²) in [7, 11) is 0. The number of carbonyl (C=O) groups is 1. The van der Waals surface area contributed by atoms with E-state index in [-0.39, 0.29) is 17.9 Å². The van der Waals surface area contributed by atoms with Crippen molar-refractivity contribution >= 4 is 16.8 Å². The summed E-state index contributed by atoms with van der Waals surface area (Å²) < 4.78 is 26.8. The number of carbonyl (C=O) groups excluding carboxylic acids is 1. The third kappa shape index (κ3) is 4.17. The molecule has 0 spiro atoms. The first kappa shape index (κ1) is 18.5. The molecule has 1 fully saturated rings. The molecule has 6 heteroatoms. The molecule has 1 aliphatic rings. The fraction of sp³-hybridized carbons (Fsp3) is 0.273. The molecule has 3 aromatic rings. The van der Waals surface area contributed by atoms with Gasteiger partial charge in [0.2, 0.25) is 5.91 Å². The molecule has 28 heavy (non-hydrogen) atoms. The van der Waals surface area contributed by atoms with Crippen LogP contribution in [0.4, 0.5) is 8.78 Å². The fourth-order valence-electron chi connectivity index (χ4n) is 3.56. The van der Waals surface area contributed by atoms with Crippen LogP contribution in [0.3, 0.4) is 0 Å². The lowest BCUT2D eigenvalue weighted by molar-refractivity contribution is -0.132. The lowest BCUT2D eigenvalue weighted by atomic mass is 10.1. The number of nitrogens with zero attached hydrogens (tertiary/aromatic N) is 3. The van der Waals surface area contributed by atoms with Crippen molar-refractivity contribution in [2.45, 2.75) is 13.0 Å². The maximum absolute atomic E-state index is 13.8. The first-order valence-electron chi connectivity index (χ1n) is 9.36. The number of amides is 1. The Bertz CT molecular complexity index is 1000. The summed E-state index contributed by atoms with van der Waals surface area (Å²) in [5, 5.41) is 1.12. The molecule has 4 rings (SSSR count). The van der Waals surface area contributed by atoms with E-state index in [1.165, 1.54) is 12.1 Å². The molecule has 1 aromatic heterocycles. The zero-order chi connectivity index (χ0) is 19.5. The van der Waals surface area contributed by atoms with Gasteiger partial charge in [-0.2, -0.15) is 0 Å². The van der Waals surface area contributed by atoms with Gasteiger partial charge in [-0.25, -0.2) is 8.78 Å². The Morgan fingerprint density at radius 1 is 1.00 bits per heavy atom. The number of hydrogen-bond donors (Lipinski definition) is 0. The largest absolute Gasteiger partial charge is 0.340 e. The maximum atomic E-state index is 13.8. The van der Waals surface area contributed by atoms with Crippen molar-refractivity contribution in [1.29, 1.82) is 0 Å². The highest BCUT2D eigenvalue weighted by Crippen LogP contribution is 2.16. The van der Waals surface area contributed by atoms with Gasteiger partial charge in [0.05, 0.1) is 11.9 Å². The lowest BCUT2D eigenvalue weighted by Crippen LogP contribution is -2.48. The molecule has 0 atom stereocenters. The second-order valence-electron chi connectivity index (χ2n) is 7.11. The number of para-hydroxylation sites is 1. The topological polar surface area (TPSA) is 36.4 Å². The van der Waals surface area contributed by atoms with Crippen molar-refractivity contribution in [3.63, 3.8) is 0 Å². The molecule has 0 unspecified atom stereocenters. The molecule has 1 aliphatic heterocycles. The highest BCUT2D eigenvalue weighted by molar-refractivity contribution is 5.79. The van der Waals surface area contributed by atoms with Gasteiger partial charge in [-0.1, -0.05) is 24.3 Å². The number of pyridine rings is 1. The van der Waals surface area contributed by atoms with Gasteiger partial charge >= 0.3 is 0 Å². The minimum atomic E-state index is -0.671.